The molecule has 1 aliphatic rings. The Labute approximate surface area is 241 Å². The van der Waals surface area contributed by atoms with E-state index < -0.39 is 26.6 Å². The summed E-state index contributed by atoms with van der Waals surface area (Å²) in [5.74, 6) is -1.56. The zero-order valence-electron chi connectivity index (χ0n) is 22.5. The fourth-order valence-electron chi connectivity index (χ4n) is 5.07. The second-order valence-corrected chi connectivity index (χ2v) is 12.2. The zero-order chi connectivity index (χ0) is 29.0. The molecule has 216 valence electrons. The van der Waals surface area contributed by atoms with Crippen molar-refractivity contribution in [1.82, 2.24) is 9.36 Å². The van der Waals surface area contributed by atoms with E-state index >= 15 is 8.78 Å². The number of rotatable bonds is 10. The van der Waals surface area contributed by atoms with E-state index in [0.29, 0.717) is 29.5 Å². The van der Waals surface area contributed by atoms with Gasteiger partial charge in [-0.2, -0.15) is 4.37 Å². The van der Waals surface area contributed by atoms with E-state index in [9.17, 15) is 8.42 Å². The van der Waals surface area contributed by atoms with E-state index in [0.717, 1.165) is 46.7 Å². The Kier molecular flexibility index (Phi) is 8.69. The summed E-state index contributed by atoms with van der Waals surface area (Å²) in [5.41, 5.74) is 1.52. The van der Waals surface area contributed by atoms with Crippen molar-refractivity contribution in [3.05, 3.63) is 89.8 Å². The van der Waals surface area contributed by atoms with Gasteiger partial charge in [-0.25, -0.2) is 26.5 Å². The highest BCUT2D eigenvalue weighted by atomic mass is 32.2. The molecule has 5 rings (SSSR count). The first-order chi connectivity index (χ1) is 19.8. The first-order valence-electron chi connectivity index (χ1n) is 13.0. The molecular formula is C29H29F2N3O5S2. The van der Waals surface area contributed by atoms with E-state index in [1.165, 1.54) is 20.5 Å². The summed E-state index contributed by atoms with van der Waals surface area (Å²) in [4.78, 5) is 3.19. The van der Waals surface area contributed by atoms with Crippen molar-refractivity contribution in [2.45, 2.75) is 49.1 Å². The summed E-state index contributed by atoms with van der Waals surface area (Å²) in [6.07, 6.45) is 4.26. The van der Waals surface area contributed by atoms with E-state index in [4.69, 9.17) is 14.2 Å². The number of halogens is 2. The second kappa shape index (κ2) is 12.4. The summed E-state index contributed by atoms with van der Waals surface area (Å²) in [6, 6.07) is 16.1. The predicted octanol–water partition coefficient (Wildman–Crippen LogP) is 6.33. The Morgan fingerprint density at radius 1 is 0.951 bits per heavy atom. The van der Waals surface area contributed by atoms with Crippen LogP contribution in [0.2, 0.25) is 0 Å². The van der Waals surface area contributed by atoms with Gasteiger partial charge in [-0.15, -0.1) is 0 Å². The van der Waals surface area contributed by atoms with E-state index in [2.05, 4.69) is 9.36 Å². The lowest BCUT2D eigenvalue weighted by Gasteiger charge is -2.32. The Morgan fingerprint density at radius 3 is 2.44 bits per heavy atom. The van der Waals surface area contributed by atoms with Crippen molar-refractivity contribution < 1.29 is 31.4 Å². The third kappa shape index (κ3) is 6.13. The molecule has 1 saturated carbocycles. The van der Waals surface area contributed by atoms with Crippen molar-refractivity contribution >= 4 is 26.7 Å². The molecule has 3 aromatic carbocycles. The molecule has 0 bridgehead atoms. The molecule has 4 aromatic rings. The highest BCUT2D eigenvalue weighted by Gasteiger charge is 2.34. The lowest BCUT2D eigenvalue weighted by molar-refractivity contribution is 0.124. The molecule has 8 nitrogen and oxygen atoms in total. The second-order valence-electron chi connectivity index (χ2n) is 9.58. The summed E-state index contributed by atoms with van der Waals surface area (Å²) < 4.78 is 80.1. The van der Waals surface area contributed by atoms with Crippen molar-refractivity contribution in [2.75, 3.05) is 18.5 Å². The maximum absolute atomic E-state index is 15.6. The van der Waals surface area contributed by atoms with Gasteiger partial charge in [-0.1, -0.05) is 36.8 Å². The van der Waals surface area contributed by atoms with Crippen LogP contribution in [0, 0.1) is 11.6 Å². The monoisotopic (exact) mass is 601 g/mol. The summed E-state index contributed by atoms with van der Waals surface area (Å²) in [5, 5.41) is -0.0177. The van der Waals surface area contributed by atoms with Crippen LogP contribution in [0.25, 0.3) is 0 Å². The molecule has 1 heterocycles. The van der Waals surface area contributed by atoms with E-state index in [-0.39, 0.29) is 29.4 Å². The van der Waals surface area contributed by atoms with Crippen LogP contribution < -0.4 is 18.5 Å². The number of aromatic nitrogens is 2. The van der Waals surface area contributed by atoms with Crippen LogP contribution in [-0.4, -0.2) is 38.1 Å². The van der Waals surface area contributed by atoms with E-state index in [1.54, 1.807) is 18.2 Å². The molecule has 0 spiro atoms. The molecule has 0 radical (unpaired) electrons. The number of hydrogen-bond acceptors (Lipinski definition) is 8. The number of benzene rings is 3. The van der Waals surface area contributed by atoms with Crippen molar-refractivity contribution in [3.8, 4) is 17.2 Å². The van der Waals surface area contributed by atoms with Crippen LogP contribution in [0.3, 0.4) is 0 Å². The molecule has 1 aliphatic carbocycles. The smallest absolute Gasteiger partial charge is 0.269 e. The Morgan fingerprint density at radius 2 is 1.73 bits per heavy atom. The predicted molar refractivity (Wildman–Crippen MR) is 151 cm³/mol. The molecule has 0 saturated heterocycles. The minimum Gasteiger partial charge on any atom is -0.497 e. The molecule has 2 atom stereocenters. The van der Waals surface area contributed by atoms with Crippen LogP contribution in [0.15, 0.2) is 71.9 Å². The first-order valence-corrected chi connectivity index (χ1v) is 15.2. The van der Waals surface area contributed by atoms with Gasteiger partial charge < -0.3 is 14.2 Å². The van der Waals surface area contributed by atoms with Gasteiger partial charge in [0.05, 0.1) is 20.8 Å². The molecule has 1 aromatic heterocycles. The lowest BCUT2D eigenvalue weighted by Crippen LogP contribution is -2.32. The number of sulfonamides is 1. The van der Waals surface area contributed by atoms with Crippen LogP contribution in [-0.2, 0) is 16.6 Å². The van der Waals surface area contributed by atoms with Gasteiger partial charge in [0.25, 0.3) is 10.0 Å². The van der Waals surface area contributed by atoms with Crippen LogP contribution >= 0.6 is 11.5 Å². The molecule has 1 fully saturated rings. The highest BCUT2D eigenvalue weighted by molar-refractivity contribution is 7.93. The third-order valence-corrected chi connectivity index (χ3v) is 9.69. The van der Waals surface area contributed by atoms with Crippen LogP contribution in [0.4, 0.5) is 13.9 Å². The van der Waals surface area contributed by atoms with Gasteiger partial charge in [-0.05, 0) is 37.0 Å². The molecule has 0 unspecified atom stereocenters. The molecule has 12 heteroatoms. The quantitative estimate of drug-likeness (QED) is 0.210. The van der Waals surface area contributed by atoms with Gasteiger partial charge >= 0.3 is 0 Å². The number of ether oxygens (including phenoxy) is 3. The minimum absolute atomic E-state index is 0.0168. The van der Waals surface area contributed by atoms with Gasteiger partial charge in [0.15, 0.2) is 11.6 Å². The van der Waals surface area contributed by atoms with E-state index in [1.807, 2.05) is 30.3 Å². The maximum Gasteiger partial charge on any atom is 0.269 e. The lowest BCUT2D eigenvalue weighted by atomic mass is 9.81. The molecule has 41 heavy (non-hydrogen) atoms. The zero-order valence-corrected chi connectivity index (χ0v) is 24.1. The normalized spacial score (nSPS) is 17.2. The van der Waals surface area contributed by atoms with Crippen molar-refractivity contribution in [2.24, 2.45) is 0 Å². The van der Waals surface area contributed by atoms with Gasteiger partial charge in [-0.3, -0.25) is 0 Å². The fourth-order valence-corrected chi connectivity index (χ4v) is 7.26. The maximum atomic E-state index is 15.6. The third-order valence-electron chi connectivity index (χ3n) is 7.13. The molecular weight excluding hydrogens is 572 g/mol. The summed E-state index contributed by atoms with van der Waals surface area (Å²) >= 11 is 0.807. The highest BCUT2D eigenvalue weighted by Crippen LogP contribution is 2.38. The average Bonchev–Trinajstić information content (AvgIpc) is 3.52. The largest absolute Gasteiger partial charge is 0.497 e. The Bertz CT molecular complexity index is 1590. The summed E-state index contributed by atoms with van der Waals surface area (Å²) in [7, 11) is -1.71. The number of anilines is 1. The summed E-state index contributed by atoms with van der Waals surface area (Å²) in [6.45, 7) is -0.273. The van der Waals surface area contributed by atoms with Crippen LogP contribution in [0.5, 0.6) is 17.2 Å². The standard InChI is InChI=1S/C29H29F2N3O5S2/c1-37-21-13-12-20(26(14-21)38-2)17-34(29-32-18-33-40-29)41(35,36)28-16-23(30)27(15-24(28)31)39-25-11-7-6-10-22(25)19-8-4-3-5-9-19/h3-5,8-9,12-16,18,22,25H,6-7,10-11,17H2,1-2H3/t22-,25+/m0/s1. The average molecular weight is 602 g/mol. The number of methoxy groups -OCH3 is 2. The van der Waals surface area contributed by atoms with Crippen molar-refractivity contribution in [3.63, 3.8) is 0 Å². The number of nitrogens with zero attached hydrogens (tertiary/aromatic N) is 3. The molecule has 0 amide bonds. The first kappa shape index (κ1) is 28.7. The Hall–Kier alpha value is -3.77. The number of hydrogen-bond donors (Lipinski definition) is 0. The molecule has 0 aliphatic heterocycles. The van der Waals surface area contributed by atoms with Gasteiger partial charge in [0.2, 0.25) is 5.13 Å². The van der Waals surface area contributed by atoms with Gasteiger partial charge in [0, 0.05) is 41.2 Å². The SMILES string of the molecule is COc1ccc(CN(c2ncns2)S(=O)(=O)c2cc(F)c(O[C@@H]3CCCC[C@H]3c3ccccc3)cc2F)c(OC)c1. The topological polar surface area (TPSA) is 90.9 Å². The van der Waals surface area contributed by atoms with Gasteiger partial charge in [0.1, 0.15) is 34.6 Å². The van der Waals surface area contributed by atoms with Crippen molar-refractivity contribution in [1.29, 1.82) is 0 Å². The van der Waals surface area contributed by atoms with Crippen LogP contribution in [0.1, 0.15) is 42.7 Å². The minimum atomic E-state index is -4.64. The fraction of sp³-hybridized carbons (Fsp3) is 0.310. The molecule has 0 N–H and O–H groups in total. The Balaban J connectivity index is 1.47.